The molecule has 0 aliphatic carbocycles. The maximum atomic E-state index is 13.5. The number of carbonyl (C=O) groups excluding carboxylic acids is 1. The Balaban J connectivity index is 0.00000272. The van der Waals surface area contributed by atoms with Crippen molar-refractivity contribution in [2.24, 2.45) is 0 Å². The molecule has 0 bridgehead atoms. The second-order valence-electron chi connectivity index (χ2n) is 6.87. The van der Waals surface area contributed by atoms with Crippen LogP contribution in [0.4, 0.5) is 9.52 Å². The van der Waals surface area contributed by atoms with Gasteiger partial charge in [0.25, 0.3) is 5.91 Å². The number of carbonyl (C=O) groups is 1. The number of anilines is 1. The van der Waals surface area contributed by atoms with Crippen molar-refractivity contribution in [1.29, 1.82) is 0 Å². The molecule has 0 radical (unpaired) electrons. The van der Waals surface area contributed by atoms with E-state index in [1.54, 1.807) is 12.0 Å². The maximum Gasteiger partial charge on any atom is 0.261 e. The molecule has 0 unspecified atom stereocenters. The number of rotatable bonds is 6. The quantitative estimate of drug-likeness (QED) is 0.514. The number of halogens is 3. The average Bonchev–Trinajstić information content (AvgIpc) is 3.17. The Labute approximate surface area is 194 Å². The van der Waals surface area contributed by atoms with Crippen molar-refractivity contribution in [2.45, 2.75) is 0 Å². The summed E-state index contributed by atoms with van der Waals surface area (Å²) in [5.74, 6) is -0.0881. The van der Waals surface area contributed by atoms with E-state index >= 15 is 0 Å². The smallest absolute Gasteiger partial charge is 0.261 e. The largest absolute Gasteiger partial charge is 0.497 e. The van der Waals surface area contributed by atoms with Crippen LogP contribution in [0.1, 0.15) is 10.4 Å². The molecule has 31 heavy (non-hydrogen) atoms. The zero-order valence-electron chi connectivity index (χ0n) is 16.8. The molecule has 1 aliphatic heterocycles. The molecule has 3 aromatic rings. The van der Waals surface area contributed by atoms with Crippen molar-refractivity contribution in [2.75, 3.05) is 51.4 Å². The highest BCUT2D eigenvalue weighted by Crippen LogP contribution is 2.32. The van der Waals surface area contributed by atoms with Gasteiger partial charge in [0.05, 0.1) is 41.1 Å². The van der Waals surface area contributed by atoms with Crippen LogP contribution in [0, 0.1) is 5.82 Å². The van der Waals surface area contributed by atoms with Gasteiger partial charge in [0.1, 0.15) is 11.6 Å². The summed E-state index contributed by atoms with van der Waals surface area (Å²) >= 11 is 7.60. The SMILES string of the molecule is COc1ccc2sc(N(CCN3CCOCC3)C(=O)c3ccc(F)cc3Cl)nc2c1.Cl. The lowest BCUT2D eigenvalue weighted by molar-refractivity contribution is 0.0391. The van der Waals surface area contributed by atoms with Gasteiger partial charge in [0.15, 0.2) is 5.13 Å². The molecular formula is C21H22Cl2FN3O3S. The Morgan fingerprint density at radius 1 is 1.29 bits per heavy atom. The molecule has 1 amide bonds. The van der Waals surface area contributed by atoms with E-state index in [1.807, 2.05) is 18.2 Å². The minimum Gasteiger partial charge on any atom is -0.497 e. The topological polar surface area (TPSA) is 54.9 Å². The number of benzene rings is 2. The summed E-state index contributed by atoms with van der Waals surface area (Å²) in [5, 5.41) is 0.649. The Bertz CT molecular complexity index is 1060. The molecule has 1 aromatic heterocycles. The third-order valence-electron chi connectivity index (χ3n) is 4.96. The number of amides is 1. The summed E-state index contributed by atoms with van der Waals surface area (Å²) in [6.45, 7) is 4.10. The molecule has 6 nitrogen and oxygen atoms in total. The first-order valence-electron chi connectivity index (χ1n) is 9.57. The van der Waals surface area contributed by atoms with Crippen molar-refractivity contribution >= 4 is 56.6 Å². The van der Waals surface area contributed by atoms with Crippen molar-refractivity contribution in [3.05, 3.63) is 52.8 Å². The first kappa shape index (κ1) is 23.7. The number of hydrogen-bond acceptors (Lipinski definition) is 6. The highest BCUT2D eigenvalue weighted by atomic mass is 35.5. The average molecular weight is 486 g/mol. The normalized spacial score (nSPS) is 14.3. The van der Waals surface area contributed by atoms with E-state index in [9.17, 15) is 9.18 Å². The molecule has 1 aliphatic rings. The molecule has 1 saturated heterocycles. The van der Waals surface area contributed by atoms with E-state index in [2.05, 4.69) is 9.88 Å². The van der Waals surface area contributed by atoms with Crippen molar-refractivity contribution in [3.8, 4) is 5.75 Å². The molecule has 4 rings (SSSR count). The fourth-order valence-corrected chi connectivity index (χ4v) is 4.51. The Hall–Kier alpha value is -1.97. The number of hydrogen-bond donors (Lipinski definition) is 0. The van der Waals surface area contributed by atoms with Crippen molar-refractivity contribution < 1.29 is 18.7 Å². The van der Waals surface area contributed by atoms with Crippen LogP contribution in [0.25, 0.3) is 10.2 Å². The van der Waals surface area contributed by atoms with Crippen molar-refractivity contribution in [3.63, 3.8) is 0 Å². The summed E-state index contributed by atoms with van der Waals surface area (Å²) in [6.07, 6.45) is 0. The fourth-order valence-electron chi connectivity index (χ4n) is 3.30. The van der Waals surface area contributed by atoms with E-state index in [1.165, 1.54) is 23.5 Å². The van der Waals surface area contributed by atoms with Crippen LogP contribution in [0.5, 0.6) is 5.75 Å². The van der Waals surface area contributed by atoms with Gasteiger partial charge in [0, 0.05) is 32.2 Å². The zero-order chi connectivity index (χ0) is 21.1. The molecule has 0 atom stereocenters. The molecule has 10 heteroatoms. The van der Waals surface area contributed by atoms with E-state index < -0.39 is 5.82 Å². The Morgan fingerprint density at radius 2 is 2.06 bits per heavy atom. The number of nitrogens with zero attached hydrogens (tertiary/aromatic N) is 3. The third-order valence-corrected chi connectivity index (χ3v) is 6.34. The van der Waals surface area contributed by atoms with Gasteiger partial charge < -0.3 is 9.47 Å². The third kappa shape index (κ3) is 5.45. The van der Waals surface area contributed by atoms with Gasteiger partial charge in [0.2, 0.25) is 0 Å². The predicted octanol–water partition coefficient (Wildman–Crippen LogP) is 4.50. The van der Waals surface area contributed by atoms with E-state index in [-0.39, 0.29) is 28.9 Å². The van der Waals surface area contributed by atoms with Gasteiger partial charge in [-0.1, -0.05) is 22.9 Å². The number of fused-ring (bicyclic) bond motifs is 1. The predicted molar refractivity (Wildman–Crippen MR) is 124 cm³/mol. The molecule has 2 heterocycles. The lowest BCUT2D eigenvalue weighted by Crippen LogP contribution is -2.43. The molecule has 166 valence electrons. The molecule has 0 saturated carbocycles. The van der Waals surface area contributed by atoms with E-state index in [0.717, 1.165) is 29.4 Å². The lowest BCUT2D eigenvalue weighted by atomic mass is 10.2. The van der Waals surface area contributed by atoms with Gasteiger partial charge in [-0.15, -0.1) is 12.4 Å². The molecule has 0 N–H and O–H groups in total. The van der Waals surface area contributed by atoms with Crippen LogP contribution in [0.15, 0.2) is 36.4 Å². The van der Waals surface area contributed by atoms with Crippen LogP contribution in [-0.4, -0.2) is 62.3 Å². The van der Waals surface area contributed by atoms with Gasteiger partial charge in [-0.2, -0.15) is 0 Å². The summed E-state index contributed by atoms with van der Waals surface area (Å²) in [6, 6.07) is 9.43. The van der Waals surface area contributed by atoms with Crippen LogP contribution in [0.3, 0.4) is 0 Å². The molecular weight excluding hydrogens is 464 g/mol. The summed E-state index contributed by atoms with van der Waals surface area (Å²) in [5.41, 5.74) is 1.00. The van der Waals surface area contributed by atoms with Gasteiger partial charge in [-0.25, -0.2) is 9.37 Å². The summed E-state index contributed by atoms with van der Waals surface area (Å²) < 4.78 is 25.1. The Morgan fingerprint density at radius 3 is 2.77 bits per heavy atom. The van der Waals surface area contributed by atoms with Gasteiger partial charge in [-0.05, 0) is 30.3 Å². The van der Waals surface area contributed by atoms with E-state index in [0.29, 0.717) is 37.2 Å². The highest BCUT2D eigenvalue weighted by Gasteiger charge is 2.24. The van der Waals surface area contributed by atoms with Gasteiger partial charge >= 0.3 is 0 Å². The van der Waals surface area contributed by atoms with E-state index in [4.69, 9.17) is 21.1 Å². The summed E-state index contributed by atoms with van der Waals surface area (Å²) in [7, 11) is 1.60. The number of aromatic nitrogens is 1. The molecule has 1 fully saturated rings. The minimum atomic E-state index is -0.483. The van der Waals surface area contributed by atoms with Crippen LogP contribution in [-0.2, 0) is 4.74 Å². The monoisotopic (exact) mass is 485 g/mol. The highest BCUT2D eigenvalue weighted by molar-refractivity contribution is 7.22. The standard InChI is InChI=1S/C21H21ClFN3O3S.ClH/c1-28-15-3-5-19-18(13-15)24-21(30-19)26(7-6-25-8-10-29-11-9-25)20(27)16-4-2-14(23)12-17(16)22;/h2-5,12-13H,6-11H2,1H3;1H. The maximum absolute atomic E-state index is 13.5. The molecule has 2 aromatic carbocycles. The first-order chi connectivity index (χ1) is 14.5. The summed E-state index contributed by atoms with van der Waals surface area (Å²) in [4.78, 5) is 21.9. The second kappa shape index (κ2) is 10.6. The van der Waals surface area contributed by atoms with Crippen molar-refractivity contribution in [1.82, 2.24) is 9.88 Å². The van der Waals surface area contributed by atoms with Crippen LogP contribution in [0.2, 0.25) is 5.02 Å². The lowest BCUT2D eigenvalue weighted by Gasteiger charge is -2.29. The fraction of sp³-hybridized carbons (Fsp3) is 0.333. The Kier molecular flexibility index (Phi) is 8.07. The zero-order valence-corrected chi connectivity index (χ0v) is 19.2. The second-order valence-corrected chi connectivity index (χ2v) is 8.28. The van der Waals surface area contributed by atoms with Gasteiger partial charge in [-0.3, -0.25) is 14.6 Å². The first-order valence-corrected chi connectivity index (χ1v) is 10.8. The number of methoxy groups -OCH3 is 1. The van der Waals surface area contributed by atoms with Crippen LogP contribution < -0.4 is 9.64 Å². The minimum absolute atomic E-state index is 0. The number of ether oxygens (including phenoxy) is 2. The molecule has 0 spiro atoms. The van der Waals surface area contributed by atoms with Crippen LogP contribution >= 0.6 is 35.3 Å². The number of thiazole rings is 1. The number of morpholine rings is 1.